The standard InChI is InChI=1S/C11H17N5/c1-4-12-11-14-9(3)7-16(11)10-6-13-15(5-2)8-10/h6-8H,4-5H2,1-3H3,(H,12,14). The Labute approximate surface area is 95.1 Å². The van der Waals surface area contributed by atoms with Crippen molar-refractivity contribution in [2.75, 3.05) is 11.9 Å². The maximum absolute atomic E-state index is 4.43. The van der Waals surface area contributed by atoms with Crippen LogP contribution in [0.1, 0.15) is 19.5 Å². The number of anilines is 1. The van der Waals surface area contributed by atoms with Crippen LogP contribution in [0.25, 0.3) is 5.69 Å². The normalized spacial score (nSPS) is 10.7. The van der Waals surface area contributed by atoms with Gasteiger partial charge in [0.2, 0.25) is 5.95 Å². The smallest absolute Gasteiger partial charge is 0.207 e. The van der Waals surface area contributed by atoms with Gasteiger partial charge in [-0.3, -0.25) is 9.25 Å². The van der Waals surface area contributed by atoms with Gasteiger partial charge in [0, 0.05) is 25.5 Å². The zero-order valence-corrected chi connectivity index (χ0v) is 9.94. The highest BCUT2D eigenvalue weighted by Gasteiger charge is 2.07. The molecule has 0 spiro atoms. The monoisotopic (exact) mass is 219 g/mol. The third kappa shape index (κ3) is 1.93. The summed E-state index contributed by atoms with van der Waals surface area (Å²) in [5.74, 6) is 0.871. The number of nitrogens with one attached hydrogen (secondary N) is 1. The minimum absolute atomic E-state index is 0.859. The number of hydrogen-bond acceptors (Lipinski definition) is 3. The Morgan fingerprint density at radius 3 is 2.75 bits per heavy atom. The zero-order chi connectivity index (χ0) is 11.5. The molecule has 0 saturated carbocycles. The van der Waals surface area contributed by atoms with Gasteiger partial charge in [-0.25, -0.2) is 4.98 Å². The van der Waals surface area contributed by atoms with E-state index in [0.717, 1.165) is 30.4 Å². The highest BCUT2D eigenvalue weighted by atomic mass is 15.3. The molecule has 0 aliphatic carbocycles. The molecule has 2 aromatic rings. The molecule has 0 aromatic carbocycles. The number of hydrogen-bond donors (Lipinski definition) is 1. The van der Waals surface area contributed by atoms with E-state index in [9.17, 15) is 0 Å². The molecule has 5 heteroatoms. The van der Waals surface area contributed by atoms with Crippen molar-refractivity contribution in [3.63, 3.8) is 0 Å². The molecule has 1 N–H and O–H groups in total. The van der Waals surface area contributed by atoms with E-state index in [-0.39, 0.29) is 0 Å². The molecule has 0 amide bonds. The maximum Gasteiger partial charge on any atom is 0.207 e. The molecule has 0 unspecified atom stereocenters. The second-order valence-corrected chi connectivity index (χ2v) is 3.66. The van der Waals surface area contributed by atoms with Gasteiger partial charge >= 0.3 is 0 Å². The first-order chi connectivity index (χ1) is 7.74. The van der Waals surface area contributed by atoms with E-state index in [1.165, 1.54) is 0 Å². The molecule has 86 valence electrons. The Balaban J connectivity index is 2.37. The van der Waals surface area contributed by atoms with Gasteiger partial charge in [-0.05, 0) is 20.8 Å². The van der Waals surface area contributed by atoms with E-state index in [1.54, 1.807) is 0 Å². The second-order valence-electron chi connectivity index (χ2n) is 3.66. The molecule has 0 saturated heterocycles. The molecular weight excluding hydrogens is 202 g/mol. The molecule has 5 nitrogen and oxygen atoms in total. The highest BCUT2D eigenvalue weighted by molar-refractivity contribution is 5.40. The highest BCUT2D eigenvalue weighted by Crippen LogP contribution is 2.15. The summed E-state index contributed by atoms with van der Waals surface area (Å²) in [4.78, 5) is 4.43. The van der Waals surface area contributed by atoms with Gasteiger partial charge in [0.15, 0.2) is 0 Å². The van der Waals surface area contributed by atoms with E-state index in [1.807, 2.05) is 34.8 Å². The minimum Gasteiger partial charge on any atom is -0.356 e. The van der Waals surface area contributed by atoms with Crippen LogP contribution in [-0.4, -0.2) is 25.9 Å². The van der Waals surface area contributed by atoms with Crippen LogP contribution in [0, 0.1) is 6.92 Å². The summed E-state index contributed by atoms with van der Waals surface area (Å²) in [5.41, 5.74) is 2.04. The minimum atomic E-state index is 0.859. The lowest BCUT2D eigenvalue weighted by atomic mass is 10.5. The topological polar surface area (TPSA) is 47.7 Å². The maximum atomic E-state index is 4.43. The molecule has 0 fully saturated rings. The summed E-state index contributed by atoms with van der Waals surface area (Å²) in [6.45, 7) is 7.86. The van der Waals surface area contributed by atoms with E-state index < -0.39 is 0 Å². The Morgan fingerprint density at radius 2 is 2.12 bits per heavy atom. The van der Waals surface area contributed by atoms with Crippen LogP contribution in [0.4, 0.5) is 5.95 Å². The average molecular weight is 219 g/mol. The summed E-state index contributed by atoms with van der Waals surface area (Å²) in [6, 6.07) is 0. The third-order valence-corrected chi connectivity index (χ3v) is 2.38. The summed E-state index contributed by atoms with van der Waals surface area (Å²) < 4.78 is 3.93. The number of rotatable bonds is 4. The Kier molecular flexibility index (Phi) is 2.94. The van der Waals surface area contributed by atoms with Gasteiger partial charge in [-0.1, -0.05) is 0 Å². The molecule has 16 heavy (non-hydrogen) atoms. The summed E-state index contributed by atoms with van der Waals surface area (Å²) in [6.07, 6.45) is 5.88. The predicted molar refractivity (Wildman–Crippen MR) is 63.9 cm³/mol. The van der Waals surface area contributed by atoms with Gasteiger partial charge < -0.3 is 5.32 Å². The Morgan fingerprint density at radius 1 is 1.31 bits per heavy atom. The van der Waals surface area contributed by atoms with E-state index in [0.29, 0.717) is 0 Å². The lowest BCUT2D eigenvalue weighted by Crippen LogP contribution is -2.04. The van der Waals surface area contributed by atoms with Gasteiger partial charge in [-0.15, -0.1) is 0 Å². The summed E-state index contributed by atoms with van der Waals surface area (Å²) in [7, 11) is 0. The average Bonchev–Trinajstić information content (AvgIpc) is 2.85. The SMILES string of the molecule is CCNc1nc(C)cn1-c1cnn(CC)c1. The van der Waals surface area contributed by atoms with Crippen molar-refractivity contribution in [2.45, 2.75) is 27.3 Å². The first kappa shape index (κ1) is 10.7. The third-order valence-electron chi connectivity index (χ3n) is 2.38. The fourth-order valence-electron chi connectivity index (χ4n) is 1.63. The number of nitrogens with zero attached hydrogens (tertiary/aromatic N) is 4. The van der Waals surface area contributed by atoms with Crippen LogP contribution in [-0.2, 0) is 6.54 Å². The Bertz CT molecular complexity index is 468. The van der Waals surface area contributed by atoms with E-state index in [2.05, 4.69) is 29.2 Å². The molecule has 2 rings (SSSR count). The fourth-order valence-corrected chi connectivity index (χ4v) is 1.63. The van der Waals surface area contributed by atoms with Gasteiger partial charge in [0.1, 0.15) is 0 Å². The van der Waals surface area contributed by atoms with Crippen molar-refractivity contribution < 1.29 is 0 Å². The van der Waals surface area contributed by atoms with Crippen molar-refractivity contribution in [1.29, 1.82) is 0 Å². The molecule has 0 bridgehead atoms. The van der Waals surface area contributed by atoms with Gasteiger partial charge in [0.05, 0.1) is 17.6 Å². The molecule has 0 aliphatic rings. The van der Waals surface area contributed by atoms with Gasteiger partial charge in [-0.2, -0.15) is 5.10 Å². The van der Waals surface area contributed by atoms with Crippen molar-refractivity contribution in [1.82, 2.24) is 19.3 Å². The zero-order valence-electron chi connectivity index (χ0n) is 9.94. The van der Waals surface area contributed by atoms with Crippen LogP contribution in [0.5, 0.6) is 0 Å². The Hall–Kier alpha value is -1.78. The molecule has 2 aromatic heterocycles. The lowest BCUT2D eigenvalue weighted by molar-refractivity contribution is 0.659. The molecule has 2 heterocycles. The number of aromatic nitrogens is 4. The summed E-state index contributed by atoms with van der Waals surface area (Å²) in [5, 5.41) is 7.50. The predicted octanol–water partition coefficient (Wildman–Crippen LogP) is 1.83. The van der Waals surface area contributed by atoms with E-state index >= 15 is 0 Å². The van der Waals surface area contributed by atoms with Crippen molar-refractivity contribution in [3.05, 3.63) is 24.3 Å². The van der Waals surface area contributed by atoms with Crippen LogP contribution >= 0.6 is 0 Å². The first-order valence-electron chi connectivity index (χ1n) is 5.57. The fraction of sp³-hybridized carbons (Fsp3) is 0.455. The van der Waals surface area contributed by atoms with Crippen molar-refractivity contribution >= 4 is 5.95 Å². The second kappa shape index (κ2) is 4.38. The van der Waals surface area contributed by atoms with Crippen LogP contribution in [0.15, 0.2) is 18.6 Å². The van der Waals surface area contributed by atoms with Crippen LogP contribution < -0.4 is 5.32 Å². The number of imidazole rings is 1. The van der Waals surface area contributed by atoms with Crippen LogP contribution in [0.3, 0.4) is 0 Å². The largest absolute Gasteiger partial charge is 0.356 e. The summed E-state index contributed by atoms with van der Waals surface area (Å²) >= 11 is 0. The molecule has 0 aliphatic heterocycles. The number of aryl methyl sites for hydroxylation is 2. The first-order valence-corrected chi connectivity index (χ1v) is 5.57. The molecular formula is C11H17N5. The lowest BCUT2D eigenvalue weighted by Gasteiger charge is -2.04. The quantitative estimate of drug-likeness (QED) is 0.853. The molecule has 0 atom stereocenters. The molecule has 0 radical (unpaired) electrons. The van der Waals surface area contributed by atoms with Crippen molar-refractivity contribution in [3.8, 4) is 5.69 Å². The van der Waals surface area contributed by atoms with Crippen molar-refractivity contribution in [2.24, 2.45) is 0 Å². The van der Waals surface area contributed by atoms with E-state index in [4.69, 9.17) is 0 Å². The van der Waals surface area contributed by atoms with Crippen LogP contribution in [0.2, 0.25) is 0 Å². The van der Waals surface area contributed by atoms with Gasteiger partial charge in [0.25, 0.3) is 0 Å².